The average Bonchev–Trinajstić information content (AvgIpc) is 2.75. The molecule has 0 saturated carbocycles. The predicted molar refractivity (Wildman–Crippen MR) is 115 cm³/mol. The standard InChI is InChI=1S/C24H21N3O2/c1-16-7-3-4-8-19(16)15-25-23(28)18-13-11-17(12-14-18)22-24(29)27(2)21-10-6-5-9-20(21)26-22/h3-14H,15H2,1-2H3,(H,25,28). The number of benzene rings is 3. The number of amides is 1. The summed E-state index contributed by atoms with van der Waals surface area (Å²) in [7, 11) is 1.74. The second kappa shape index (κ2) is 7.72. The summed E-state index contributed by atoms with van der Waals surface area (Å²) >= 11 is 0. The summed E-state index contributed by atoms with van der Waals surface area (Å²) in [5.41, 5.74) is 5.20. The smallest absolute Gasteiger partial charge is 0.277 e. The van der Waals surface area contributed by atoms with Crippen molar-refractivity contribution in [3.63, 3.8) is 0 Å². The number of aryl methyl sites for hydroxylation is 2. The highest BCUT2D eigenvalue weighted by molar-refractivity contribution is 5.94. The molecule has 1 heterocycles. The van der Waals surface area contributed by atoms with Gasteiger partial charge >= 0.3 is 0 Å². The fourth-order valence-corrected chi connectivity index (χ4v) is 3.33. The van der Waals surface area contributed by atoms with Crippen LogP contribution < -0.4 is 10.9 Å². The Bertz CT molecular complexity index is 1260. The summed E-state index contributed by atoms with van der Waals surface area (Å²) in [4.78, 5) is 29.7. The molecule has 0 atom stereocenters. The number of para-hydroxylation sites is 2. The van der Waals surface area contributed by atoms with Gasteiger partial charge in [-0.05, 0) is 42.3 Å². The highest BCUT2D eigenvalue weighted by Gasteiger charge is 2.12. The zero-order chi connectivity index (χ0) is 20.4. The Balaban J connectivity index is 1.57. The van der Waals surface area contributed by atoms with E-state index >= 15 is 0 Å². The first-order valence-corrected chi connectivity index (χ1v) is 9.43. The van der Waals surface area contributed by atoms with E-state index in [0.717, 1.165) is 22.2 Å². The van der Waals surface area contributed by atoms with Crippen LogP contribution in [0.25, 0.3) is 22.3 Å². The largest absolute Gasteiger partial charge is 0.348 e. The molecule has 0 fully saturated rings. The number of hydrogen-bond acceptors (Lipinski definition) is 3. The summed E-state index contributed by atoms with van der Waals surface area (Å²) in [5.74, 6) is -0.154. The highest BCUT2D eigenvalue weighted by Crippen LogP contribution is 2.18. The number of rotatable bonds is 4. The fourth-order valence-electron chi connectivity index (χ4n) is 3.33. The van der Waals surface area contributed by atoms with Crippen LogP contribution in [-0.2, 0) is 13.6 Å². The molecule has 1 amide bonds. The van der Waals surface area contributed by atoms with Gasteiger partial charge in [-0.1, -0.05) is 48.5 Å². The SMILES string of the molecule is Cc1ccccc1CNC(=O)c1ccc(-c2nc3ccccc3n(C)c2=O)cc1. The van der Waals surface area contributed by atoms with Gasteiger partial charge in [0.25, 0.3) is 11.5 Å². The van der Waals surface area contributed by atoms with E-state index in [4.69, 9.17) is 0 Å². The van der Waals surface area contributed by atoms with Crippen LogP contribution in [0.3, 0.4) is 0 Å². The first-order chi connectivity index (χ1) is 14.0. The third-order valence-electron chi connectivity index (χ3n) is 5.10. The molecule has 4 rings (SSSR count). The van der Waals surface area contributed by atoms with E-state index in [0.29, 0.717) is 23.4 Å². The lowest BCUT2D eigenvalue weighted by Crippen LogP contribution is -2.23. The molecule has 1 aromatic heterocycles. The number of hydrogen-bond donors (Lipinski definition) is 1. The zero-order valence-corrected chi connectivity index (χ0v) is 16.3. The number of nitrogens with one attached hydrogen (secondary N) is 1. The van der Waals surface area contributed by atoms with E-state index < -0.39 is 0 Å². The molecule has 0 unspecified atom stereocenters. The second-order valence-electron chi connectivity index (χ2n) is 7.00. The van der Waals surface area contributed by atoms with Gasteiger partial charge in [0.05, 0.1) is 11.0 Å². The second-order valence-corrected chi connectivity index (χ2v) is 7.00. The molecule has 29 heavy (non-hydrogen) atoms. The van der Waals surface area contributed by atoms with Gasteiger partial charge in [-0.3, -0.25) is 9.59 Å². The van der Waals surface area contributed by atoms with Gasteiger partial charge in [0, 0.05) is 24.7 Å². The van der Waals surface area contributed by atoms with Crippen molar-refractivity contribution in [1.29, 1.82) is 0 Å². The van der Waals surface area contributed by atoms with E-state index in [-0.39, 0.29) is 11.5 Å². The summed E-state index contributed by atoms with van der Waals surface area (Å²) in [6, 6.07) is 22.5. The van der Waals surface area contributed by atoms with Gasteiger partial charge in [-0.2, -0.15) is 0 Å². The van der Waals surface area contributed by atoms with E-state index in [2.05, 4.69) is 10.3 Å². The summed E-state index contributed by atoms with van der Waals surface area (Å²) in [6.45, 7) is 2.49. The highest BCUT2D eigenvalue weighted by atomic mass is 16.1. The minimum atomic E-state index is -0.166. The van der Waals surface area contributed by atoms with E-state index in [1.165, 1.54) is 0 Å². The molecule has 1 N–H and O–H groups in total. The molecular weight excluding hydrogens is 362 g/mol. The van der Waals surface area contributed by atoms with Gasteiger partial charge in [0.2, 0.25) is 0 Å². The van der Waals surface area contributed by atoms with Crippen molar-refractivity contribution in [2.45, 2.75) is 13.5 Å². The Morgan fingerprint density at radius 2 is 1.66 bits per heavy atom. The lowest BCUT2D eigenvalue weighted by Gasteiger charge is -2.10. The van der Waals surface area contributed by atoms with Crippen LogP contribution >= 0.6 is 0 Å². The lowest BCUT2D eigenvalue weighted by molar-refractivity contribution is 0.0951. The van der Waals surface area contributed by atoms with Crippen LogP contribution in [0.2, 0.25) is 0 Å². The van der Waals surface area contributed by atoms with Gasteiger partial charge in [-0.15, -0.1) is 0 Å². The quantitative estimate of drug-likeness (QED) is 0.582. The van der Waals surface area contributed by atoms with Crippen molar-refractivity contribution < 1.29 is 4.79 Å². The molecule has 0 radical (unpaired) electrons. The molecule has 4 aromatic rings. The minimum absolute atomic E-state index is 0.154. The molecule has 0 aliphatic carbocycles. The average molecular weight is 383 g/mol. The van der Waals surface area contributed by atoms with Crippen molar-refractivity contribution in [1.82, 2.24) is 14.9 Å². The first kappa shape index (κ1) is 18.6. The third-order valence-corrected chi connectivity index (χ3v) is 5.10. The number of nitrogens with zero attached hydrogens (tertiary/aromatic N) is 2. The predicted octanol–water partition coefficient (Wildman–Crippen LogP) is 3.84. The molecule has 0 bridgehead atoms. The van der Waals surface area contributed by atoms with E-state index in [1.54, 1.807) is 35.9 Å². The maximum Gasteiger partial charge on any atom is 0.277 e. The Morgan fingerprint density at radius 1 is 0.966 bits per heavy atom. The lowest BCUT2D eigenvalue weighted by atomic mass is 10.1. The summed E-state index contributed by atoms with van der Waals surface area (Å²) in [6.07, 6.45) is 0. The number of fused-ring (bicyclic) bond motifs is 1. The molecule has 5 nitrogen and oxygen atoms in total. The number of carbonyl (C=O) groups excluding carboxylic acids is 1. The Morgan fingerprint density at radius 3 is 2.41 bits per heavy atom. The van der Waals surface area contributed by atoms with E-state index in [1.807, 2.05) is 55.5 Å². The Kier molecular flexibility index (Phi) is 4.96. The third kappa shape index (κ3) is 3.67. The van der Waals surface area contributed by atoms with Crippen LogP contribution in [0.5, 0.6) is 0 Å². The van der Waals surface area contributed by atoms with Gasteiger partial charge in [0.1, 0.15) is 5.69 Å². The summed E-state index contributed by atoms with van der Waals surface area (Å²) < 4.78 is 1.60. The molecule has 144 valence electrons. The summed E-state index contributed by atoms with van der Waals surface area (Å²) in [5, 5.41) is 2.94. The first-order valence-electron chi connectivity index (χ1n) is 9.43. The fraction of sp³-hybridized carbons (Fsp3) is 0.125. The van der Waals surface area contributed by atoms with Crippen molar-refractivity contribution in [3.8, 4) is 11.3 Å². The zero-order valence-electron chi connectivity index (χ0n) is 16.3. The maximum atomic E-state index is 12.7. The van der Waals surface area contributed by atoms with Crippen LogP contribution in [0, 0.1) is 6.92 Å². The normalized spacial score (nSPS) is 10.8. The monoisotopic (exact) mass is 383 g/mol. The molecule has 5 heteroatoms. The van der Waals surface area contributed by atoms with Gasteiger partial charge < -0.3 is 9.88 Å². The van der Waals surface area contributed by atoms with Crippen LogP contribution in [0.1, 0.15) is 21.5 Å². The van der Waals surface area contributed by atoms with Crippen molar-refractivity contribution >= 4 is 16.9 Å². The van der Waals surface area contributed by atoms with Crippen molar-refractivity contribution in [3.05, 3.63) is 99.8 Å². The van der Waals surface area contributed by atoms with Gasteiger partial charge in [-0.25, -0.2) is 4.98 Å². The maximum absolute atomic E-state index is 12.7. The topological polar surface area (TPSA) is 64.0 Å². The Labute approximate surface area is 168 Å². The molecular formula is C24H21N3O2. The number of carbonyl (C=O) groups is 1. The molecule has 0 aliphatic heterocycles. The molecule has 3 aromatic carbocycles. The molecule has 0 spiro atoms. The van der Waals surface area contributed by atoms with Crippen LogP contribution in [0.15, 0.2) is 77.6 Å². The minimum Gasteiger partial charge on any atom is -0.348 e. The molecule has 0 aliphatic rings. The molecule has 0 saturated heterocycles. The van der Waals surface area contributed by atoms with Gasteiger partial charge in [0.15, 0.2) is 0 Å². The Hall–Kier alpha value is -3.73. The van der Waals surface area contributed by atoms with Crippen LogP contribution in [-0.4, -0.2) is 15.5 Å². The van der Waals surface area contributed by atoms with Crippen molar-refractivity contribution in [2.24, 2.45) is 7.05 Å². The van der Waals surface area contributed by atoms with E-state index in [9.17, 15) is 9.59 Å². The van der Waals surface area contributed by atoms with Crippen molar-refractivity contribution in [2.75, 3.05) is 0 Å². The van der Waals surface area contributed by atoms with Crippen LogP contribution in [0.4, 0.5) is 0 Å². The number of aromatic nitrogens is 2.